The van der Waals surface area contributed by atoms with E-state index in [1.54, 1.807) is 0 Å². The first-order valence-corrected chi connectivity index (χ1v) is 7.96. The average molecular weight is 309 g/mol. The minimum atomic E-state index is -4.45. The fourth-order valence-corrected chi connectivity index (χ4v) is 2.48. The highest BCUT2D eigenvalue weighted by atomic mass is 32.1. The quantitative estimate of drug-likeness (QED) is 0.610. The summed E-state index contributed by atoms with van der Waals surface area (Å²) in [5, 5.41) is 3.14. The summed E-state index contributed by atoms with van der Waals surface area (Å²) in [5.74, 6) is -1.05. The number of nitrogens with one attached hydrogen (secondary N) is 1. The largest absolute Gasteiger partial charge is 0.452 e. The van der Waals surface area contributed by atoms with Gasteiger partial charge >= 0.3 is 6.18 Å². The second-order valence-electron chi connectivity index (χ2n) is 4.82. The van der Waals surface area contributed by atoms with Gasteiger partial charge in [-0.15, -0.1) is 0 Å². The number of aromatic nitrogens is 2. The minimum absolute atomic E-state index is 0.250. The molecule has 7 heteroatoms. The maximum Gasteiger partial charge on any atom is 0.452 e. The van der Waals surface area contributed by atoms with Gasteiger partial charge in [0.2, 0.25) is 11.0 Å². The van der Waals surface area contributed by atoms with Gasteiger partial charge in [-0.25, -0.2) is 0 Å². The van der Waals surface area contributed by atoms with E-state index in [9.17, 15) is 13.2 Å². The number of halogens is 3. The molecular formula is C13H22F3N3S. The van der Waals surface area contributed by atoms with Gasteiger partial charge in [0.1, 0.15) is 0 Å². The number of rotatable bonds is 10. The summed E-state index contributed by atoms with van der Waals surface area (Å²) in [6.45, 7) is 2.85. The van der Waals surface area contributed by atoms with Crippen molar-refractivity contribution in [2.45, 2.75) is 64.5 Å². The molecule has 0 aliphatic heterocycles. The van der Waals surface area contributed by atoms with Gasteiger partial charge in [-0.05, 0) is 6.42 Å². The Morgan fingerprint density at radius 3 is 2.15 bits per heavy atom. The lowest BCUT2D eigenvalue weighted by atomic mass is 10.1. The lowest BCUT2D eigenvalue weighted by molar-refractivity contribution is -0.144. The first-order chi connectivity index (χ1) is 9.54. The van der Waals surface area contributed by atoms with E-state index in [2.05, 4.69) is 21.6 Å². The van der Waals surface area contributed by atoms with Gasteiger partial charge in [0.25, 0.3) is 0 Å². The van der Waals surface area contributed by atoms with Gasteiger partial charge in [0.15, 0.2) is 0 Å². The molecule has 116 valence electrons. The van der Waals surface area contributed by atoms with Gasteiger partial charge in [0, 0.05) is 18.1 Å². The lowest BCUT2D eigenvalue weighted by Gasteiger charge is -2.03. The van der Waals surface area contributed by atoms with Crippen LogP contribution in [0.2, 0.25) is 0 Å². The van der Waals surface area contributed by atoms with Crippen molar-refractivity contribution in [2.24, 2.45) is 0 Å². The van der Waals surface area contributed by atoms with E-state index in [-0.39, 0.29) is 5.13 Å². The fraction of sp³-hybridized carbons (Fsp3) is 0.846. The standard InChI is InChI=1S/C13H22F3N3S/c1-2-3-4-5-6-7-8-9-10-17-12-18-11(19-20-12)13(14,15)16/h2-10H2,1H3,(H,17,18,19). The third-order valence-electron chi connectivity index (χ3n) is 2.99. The highest BCUT2D eigenvalue weighted by molar-refractivity contribution is 7.09. The van der Waals surface area contributed by atoms with E-state index in [4.69, 9.17) is 0 Å². The van der Waals surface area contributed by atoms with Crippen LogP contribution in [0.1, 0.15) is 64.1 Å². The first-order valence-electron chi connectivity index (χ1n) is 7.19. The number of unbranched alkanes of at least 4 members (excludes halogenated alkanes) is 7. The molecule has 0 radical (unpaired) electrons. The van der Waals surface area contributed by atoms with Gasteiger partial charge in [-0.3, -0.25) is 0 Å². The third kappa shape index (κ3) is 7.07. The maximum atomic E-state index is 12.3. The van der Waals surface area contributed by atoms with Crippen LogP contribution in [0.15, 0.2) is 0 Å². The molecule has 20 heavy (non-hydrogen) atoms. The van der Waals surface area contributed by atoms with Crippen LogP contribution in [-0.2, 0) is 6.18 Å². The summed E-state index contributed by atoms with van der Waals surface area (Å²) in [6, 6.07) is 0. The molecule has 0 saturated carbocycles. The predicted octanol–water partition coefficient (Wildman–Crippen LogP) is 5.11. The Bertz CT molecular complexity index is 366. The summed E-state index contributed by atoms with van der Waals surface area (Å²) in [6.07, 6.45) is 5.19. The Kier molecular flexibility index (Phi) is 7.87. The molecule has 1 heterocycles. The molecule has 0 atom stereocenters. The molecule has 0 amide bonds. The van der Waals surface area contributed by atoms with E-state index in [0.717, 1.165) is 24.4 Å². The van der Waals surface area contributed by atoms with Gasteiger partial charge < -0.3 is 5.32 Å². The van der Waals surface area contributed by atoms with Crippen LogP contribution >= 0.6 is 11.5 Å². The normalized spacial score (nSPS) is 11.8. The summed E-state index contributed by atoms with van der Waals surface area (Å²) in [5.41, 5.74) is 0. The fourth-order valence-electron chi connectivity index (χ4n) is 1.86. The number of hydrogen-bond donors (Lipinski definition) is 1. The van der Waals surface area contributed by atoms with Crippen LogP contribution in [-0.4, -0.2) is 15.9 Å². The van der Waals surface area contributed by atoms with Crippen LogP contribution in [0, 0.1) is 0 Å². The van der Waals surface area contributed by atoms with Crippen molar-refractivity contribution in [3.05, 3.63) is 5.82 Å². The molecule has 0 unspecified atom stereocenters. The SMILES string of the molecule is CCCCCCCCCCNc1nc(C(F)(F)F)ns1. The predicted molar refractivity (Wildman–Crippen MR) is 76.0 cm³/mol. The second kappa shape index (κ2) is 9.15. The smallest absolute Gasteiger partial charge is 0.360 e. The molecule has 0 spiro atoms. The zero-order valence-electron chi connectivity index (χ0n) is 11.8. The molecule has 0 aromatic carbocycles. The van der Waals surface area contributed by atoms with Gasteiger partial charge in [-0.1, -0.05) is 51.9 Å². The topological polar surface area (TPSA) is 37.8 Å². The Hall–Kier alpha value is -0.850. The van der Waals surface area contributed by atoms with E-state index >= 15 is 0 Å². The minimum Gasteiger partial charge on any atom is -0.360 e. The molecular weight excluding hydrogens is 287 g/mol. The summed E-state index contributed by atoms with van der Waals surface area (Å²) in [4.78, 5) is 3.42. The number of anilines is 1. The summed E-state index contributed by atoms with van der Waals surface area (Å²) >= 11 is 0.762. The van der Waals surface area contributed by atoms with Crippen LogP contribution in [0.5, 0.6) is 0 Å². The molecule has 0 fully saturated rings. The molecule has 3 nitrogen and oxygen atoms in total. The molecule has 1 N–H and O–H groups in total. The molecule has 1 aromatic heterocycles. The summed E-state index contributed by atoms with van der Waals surface area (Å²) < 4.78 is 40.1. The zero-order chi connectivity index (χ0) is 14.8. The van der Waals surface area contributed by atoms with Crippen molar-refractivity contribution < 1.29 is 13.2 Å². The second-order valence-corrected chi connectivity index (χ2v) is 5.57. The van der Waals surface area contributed by atoms with E-state index in [1.807, 2.05) is 0 Å². The number of hydrogen-bond acceptors (Lipinski definition) is 4. The first kappa shape index (κ1) is 17.2. The van der Waals surface area contributed by atoms with Gasteiger partial charge in [0.05, 0.1) is 0 Å². The van der Waals surface area contributed by atoms with Crippen molar-refractivity contribution in [3.63, 3.8) is 0 Å². The highest BCUT2D eigenvalue weighted by Gasteiger charge is 2.35. The van der Waals surface area contributed by atoms with E-state index < -0.39 is 12.0 Å². The highest BCUT2D eigenvalue weighted by Crippen LogP contribution is 2.28. The average Bonchev–Trinajstić information content (AvgIpc) is 2.85. The van der Waals surface area contributed by atoms with Crippen LogP contribution in [0.4, 0.5) is 18.3 Å². The molecule has 0 aliphatic carbocycles. The zero-order valence-corrected chi connectivity index (χ0v) is 12.6. The molecule has 1 aromatic rings. The molecule has 1 rings (SSSR count). The van der Waals surface area contributed by atoms with E-state index in [0.29, 0.717) is 6.54 Å². The Balaban J connectivity index is 2.03. The Morgan fingerprint density at radius 1 is 1.00 bits per heavy atom. The molecule has 0 saturated heterocycles. The molecule has 0 bridgehead atoms. The monoisotopic (exact) mass is 309 g/mol. The van der Waals surface area contributed by atoms with Crippen molar-refractivity contribution in [2.75, 3.05) is 11.9 Å². The number of alkyl halides is 3. The van der Waals surface area contributed by atoms with Crippen molar-refractivity contribution in [3.8, 4) is 0 Å². The van der Waals surface area contributed by atoms with Crippen LogP contribution in [0.25, 0.3) is 0 Å². The van der Waals surface area contributed by atoms with Crippen LogP contribution < -0.4 is 5.32 Å². The summed E-state index contributed by atoms with van der Waals surface area (Å²) in [7, 11) is 0. The van der Waals surface area contributed by atoms with Crippen molar-refractivity contribution in [1.82, 2.24) is 9.36 Å². The molecule has 0 aliphatic rings. The Morgan fingerprint density at radius 2 is 1.60 bits per heavy atom. The van der Waals surface area contributed by atoms with Crippen molar-refractivity contribution in [1.29, 1.82) is 0 Å². The van der Waals surface area contributed by atoms with Gasteiger partial charge in [-0.2, -0.15) is 22.5 Å². The maximum absolute atomic E-state index is 12.3. The lowest BCUT2D eigenvalue weighted by Crippen LogP contribution is -2.08. The van der Waals surface area contributed by atoms with Crippen molar-refractivity contribution >= 4 is 16.7 Å². The number of nitrogens with zero attached hydrogens (tertiary/aromatic N) is 2. The van der Waals surface area contributed by atoms with E-state index in [1.165, 1.54) is 38.5 Å². The Labute approximate surface area is 122 Å². The third-order valence-corrected chi connectivity index (χ3v) is 3.66. The van der Waals surface area contributed by atoms with Crippen LogP contribution in [0.3, 0.4) is 0 Å².